The van der Waals surface area contributed by atoms with E-state index in [9.17, 15) is 0 Å². The zero-order valence-corrected chi connectivity index (χ0v) is 12.3. The van der Waals surface area contributed by atoms with Crippen molar-refractivity contribution in [1.82, 2.24) is 0 Å². The molecule has 0 spiro atoms. The quantitative estimate of drug-likeness (QED) is 0.785. The predicted molar refractivity (Wildman–Crippen MR) is 83.5 cm³/mol. The molecule has 0 aliphatic carbocycles. The van der Waals surface area contributed by atoms with Gasteiger partial charge in [-0.25, -0.2) is 0 Å². The molecular formula is C18H23N. The van der Waals surface area contributed by atoms with Crippen molar-refractivity contribution < 1.29 is 0 Å². The minimum absolute atomic E-state index is 0.214. The van der Waals surface area contributed by atoms with E-state index in [1.54, 1.807) is 0 Å². The maximum absolute atomic E-state index is 5.96. The highest BCUT2D eigenvalue weighted by atomic mass is 14.6. The summed E-state index contributed by atoms with van der Waals surface area (Å²) >= 11 is 0. The number of hydrogen-bond acceptors (Lipinski definition) is 1. The maximum Gasteiger partial charge on any atom is 0.0346 e. The van der Waals surface area contributed by atoms with Crippen molar-refractivity contribution in [3.8, 4) is 0 Å². The molecule has 2 N–H and O–H groups in total. The number of nitrogen functional groups attached to an aromatic ring is 1. The lowest BCUT2D eigenvalue weighted by molar-refractivity contribution is 0.590. The van der Waals surface area contributed by atoms with Crippen LogP contribution in [0.1, 0.15) is 43.0 Å². The van der Waals surface area contributed by atoms with Crippen LogP contribution in [-0.2, 0) is 11.8 Å². The summed E-state index contributed by atoms with van der Waals surface area (Å²) in [6, 6.07) is 15.1. The number of hydrogen-bond donors (Lipinski definition) is 1. The molecular weight excluding hydrogens is 230 g/mol. The molecule has 0 aliphatic heterocycles. The molecule has 0 atom stereocenters. The molecule has 1 nitrogen and oxygen atoms in total. The van der Waals surface area contributed by atoms with E-state index in [0.717, 1.165) is 12.1 Å². The Kier molecular flexibility index (Phi) is 3.66. The molecule has 19 heavy (non-hydrogen) atoms. The van der Waals surface area contributed by atoms with Crippen molar-refractivity contribution in [2.75, 3.05) is 5.73 Å². The second-order valence-electron chi connectivity index (χ2n) is 6.26. The van der Waals surface area contributed by atoms with E-state index < -0.39 is 0 Å². The molecule has 1 heteroatoms. The van der Waals surface area contributed by atoms with Crippen LogP contribution in [0, 0.1) is 6.92 Å². The van der Waals surface area contributed by atoms with Gasteiger partial charge < -0.3 is 5.73 Å². The van der Waals surface area contributed by atoms with Crippen molar-refractivity contribution in [2.24, 2.45) is 0 Å². The van der Waals surface area contributed by atoms with Gasteiger partial charge in [-0.15, -0.1) is 0 Å². The normalized spacial score (nSPS) is 11.6. The minimum Gasteiger partial charge on any atom is -0.399 e. The molecule has 0 saturated carbocycles. The van der Waals surface area contributed by atoms with E-state index in [4.69, 9.17) is 5.73 Å². The van der Waals surface area contributed by atoms with Crippen LogP contribution in [-0.4, -0.2) is 0 Å². The zero-order chi connectivity index (χ0) is 14.0. The van der Waals surface area contributed by atoms with Crippen molar-refractivity contribution in [3.05, 3.63) is 64.7 Å². The molecule has 0 aromatic heterocycles. The van der Waals surface area contributed by atoms with Crippen LogP contribution in [0.4, 0.5) is 5.69 Å². The summed E-state index contributed by atoms with van der Waals surface area (Å²) in [5.74, 6) is 0. The van der Waals surface area contributed by atoms with E-state index in [2.05, 4.69) is 58.0 Å². The van der Waals surface area contributed by atoms with Crippen molar-refractivity contribution in [3.63, 3.8) is 0 Å². The summed E-state index contributed by atoms with van der Waals surface area (Å²) < 4.78 is 0. The third-order valence-corrected chi connectivity index (χ3v) is 3.70. The topological polar surface area (TPSA) is 26.0 Å². The molecule has 0 amide bonds. The van der Waals surface area contributed by atoms with Crippen LogP contribution in [0.2, 0.25) is 0 Å². The van der Waals surface area contributed by atoms with Gasteiger partial charge >= 0.3 is 0 Å². The lowest BCUT2D eigenvalue weighted by Crippen LogP contribution is -2.10. The Morgan fingerprint density at radius 3 is 2.16 bits per heavy atom. The standard InChI is InChI=1S/C18H23N/c1-13-15(6-5-7-17(13)19)12-14-8-10-16(11-9-14)18(2,3)4/h5-11H,12,19H2,1-4H3. The Bertz CT molecular complexity index is 559. The van der Waals surface area contributed by atoms with Gasteiger partial charge in [-0.2, -0.15) is 0 Å². The summed E-state index contributed by atoms with van der Waals surface area (Å²) in [7, 11) is 0. The van der Waals surface area contributed by atoms with Crippen LogP contribution >= 0.6 is 0 Å². The van der Waals surface area contributed by atoms with Gasteiger partial charge in [-0.1, -0.05) is 57.2 Å². The predicted octanol–water partition coefficient (Wildman–Crippen LogP) is 4.47. The van der Waals surface area contributed by atoms with Crippen LogP contribution in [0.3, 0.4) is 0 Å². The van der Waals surface area contributed by atoms with Gasteiger partial charge in [0.15, 0.2) is 0 Å². The highest BCUT2D eigenvalue weighted by molar-refractivity contribution is 5.51. The van der Waals surface area contributed by atoms with Gasteiger partial charge in [0.05, 0.1) is 0 Å². The van der Waals surface area contributed by atoms with Crippen molar-refractivity contribution in [2.45, 2.75) is 39.5 Å². The summed E-state index contributed by atoms with van der Waals surface area (Å²) in [4.78, 5) is 0. The molecule has 2 rings (SSSR count). The molecule has 0 aliphatic rings. The second-order valence-corrected chi connectivity index (χ2v) is 6.26. The van der Waals surface area contributed by atoms with Gasteiger partial charge in [0.2, 0.25) is 0 Å². The highest BCUT2D eigenvalue weighted by Crippen LogP contribution is 2.24. The number of anilines is 1. The average Bonchev–Trinajstić information content (AvgIpc) is 2.35. The molecule has 0 heterocycles. The van der Waals surface area contributed by atoms with Gasteiger partial charge in [-0.3, -0.25) is 0 Å². The first-order valence-corrected chi connectivity index (χ1v) is 6.81. The first kappa shape index (κ1) is 13.7. The monoisotopic (exact) mass is 253 g/mol. The number of nitrogens with two attached hydrogens (primary N) is 1. The Hall–Kier alpha value is -1.76. The van der Waals surface area contributed by atoms with Crippen molar-refractivity contribution >= 4 is 5.69 Å². The third kappa shape index (κ3) is 3.17. The molecule has 0 bridgehead atoms. The number of rotatable bonds is 2. The Balaban J connectivity index is 2.23. The fourth-order valence-electron chi connectivity index (χ4n) is 2.24. The molecule has 2 aromatic rings. The molecule has 2 aromatic carbocycles. The smallest absolute Gasteiger partial charge is 0.0346 e. The van der Waals surface area contributed by atoms with Gasteiger partial charge in [0.1, 0.15) is 0 Å². The van der Waals surface area contributed by atoms with E-state index in [-0.39, 0.29) is 5.41 Å². The Labute approximate surface area is 116 Å². The largest absolute Gasteiger partial charge is 0.399 e. The van der Waals surface area contributed by atoms with E-state index >= 15 is 0 Å². The molecule has 100 valence electrons. The fraction of sp³-hybridized carbons (Fsp3) is 0.333. The number of benzene rings is 2. The van der Waals surface area contributed by atoms with Crippen LogP contribution in [0.25, 0.3) is 0 Å². The first-order chi connectivity index (χ1) is 8.88. The first-order valence-electron chi connectivity index (χ1n) is 6.81. The van der Waals surface area contributed by atoms with E-state index in [1.165, 1.54) is 22.3 Å². The SMILES string of the molecule is Cc1c(N)cccc1Cc1ccc(C(C)(C)C)cc1. The summed E-state index contributed by atoms with van der Waals surface area (Å²) in [6.07, 6.45) is 0.946. The molecule has 0 saturated heterocycles. The van der Waals surface area contributed by atoms with Gasteiger partial charge in [0.25, 0.3) is 0 Å². The summed E-state index contributed by atoms with van der Waals surface area (Å²) in [5.41, 5.74) is 12.3. The van der Waals surface area contributed by atoms with Crippen LogP contribution in [0.15, 0.2) is 42.5 Å². The fourth-order valence-corrected chi connectivity index (χ4v) is 2.24. The lowest BCUT2D eigenvalue weighted by Gasteiger charge is -2.19. The molecule has 0 unspecified atom stereocenters. The van der Waals surface area contributed by atoms with E-state index in [0.29, 0.717) is 0 Å². The summed E-state index contributed by atoms with van der Waals surface area (Å²) in [6.45, 7) is 8.81. The third-order valence-electron chi connectivity index (χ3n) is 3.70. The zero-order valence-electron chi connectivity index (χ0n) is 12.3. The average molecular weight is 253 g/mol. The summed E-state index contributed by atoms with van der Waals surface area (Å²) in [5, 5.41) is 0. The van der Waals surface area contributed by atoms with Crippen LogP contribution in [0.5, 0.6) is 0 Å². The van der Waals surface area contributed by atoms with Gasteiger partial charge in [-0.05, 0) is 47.1 Å². The lowest BCUT2D eigenvalue weighted by atomic mass is 9.86. The van der Waals surface area contributed by atoms with Gasteiger partial charge in [0, 0.05) is 5.69 Å². The highest BCUT2D eigenvalue weighted by Gasteiger charge is 2.13. The molecule has 0 radical (unpaired) electrons. The minimum atomic E-state index is 0.214. The Morgan fingerprint density at radius 2 is 1.58 bits per heavy atom. The molecule has 0 fully saturated rings. The Morgan fingerprint density at radius 1 is 0.947 bits per heavy atom. The van der Waals surface area contributed by atoms with Crippen LogP contribution < -0.4 is 5.73 Å². The second kappa shape index (κ2) is 5.08. The maximum atomic E-state index is 5.96. The van der Waals surface area contributed by atoms with Crippen molar-refractivity contribution in [1.29, 1.82) is 0 Å². The van der Waals surface area contributed by atoms with E-state index in [1.807, 2.05) is 12.1 Å².